The number of carbonyl (C=O) groups is 1. The van der Waals surface area contributed by atoms with E-state index in [2.05, 4.69) is 5.10 Å². The monoisotopic (exact) mass is 314 g/mol. The Labute approximate surface area is 138 Å². The number of carboxylic acids is 1. The molecule has 0 saturated heterocycles. The molecule has 3 aromatic carbocycles. The van der Waals surface area contributed by atoms with Gasteiger partial charge < -0.3 is 5.11 Å². The second kappa shape index (κ2) is 5.66. The van der Waals surface area contributed by atoms with Gasteiger partial charge in [-0.25, -0.2) is 9.48 Å². The standard InChI is InChI=1S/C20H14N2O2/c23-20(24)18-13-19(15-7-2-1-3-8-15)22(21-18)17-11-10-14-6-4-5-9-16(14)12-17/h1-13H,(H,23,24). The maximum Gasteiger partial charge on any atom is 0.356 e. The smallest absolute Gasteiger partial charge is 0.356 e. The molecule has 4 aromatic rings. The molecule has 0 spiro atoms. The average molecular weight is 314 g/mol. The van der Waals surface area contributed by atoms with Crippen LogP contribution >= 0.6 is 0 Å². The molecule has 0 aliphatic rings. The molecule has 1 heterocycles. The summed E-state index contributed by atoms with van der Waals surface area (Å²) in [6, 6.07) is 25.3. The molecule has 4 heteroatoms. The lowest BCUT2D eigenvalue weighted by Gasteiger charge is -2.09. The van der Waals surface area contributed by atoms with Crippen molar-refractivity contribution in [2.45, 2.75) is 0 Å². The van der Waals surface area contributed by atoms with Gasteiger partial charge in [-0.15, -0.1) is 0 Å². The third kappa shape index (κ3) is 2.44. The Bertz CT molecular complexity index is 1040. The van der Waals surface area contributed by atoms with Gasteiger partial charge in [0.2, 0.25) is 0 Å². The predicted octanol–water partition coefficient (Wildman–Crippen LogP) is 4.39. The summed E-state index contributed by atoms with van der Waals surface area (Å²) in [6.07, 6.45) is 0. The van der Waals surface area contributed by atoms with Crippen molar-refractivity contribution in [3.8, 4) is 16.9 Å². The summed E-state index contributed by atoms with van der Waals surface area (Å²) in [5, 5.41) is 15.8. The quantitative estimate of drug-likeness (QED) is 0.610. The lowest BCUT2D eigenvalue weighted by Crippen LogP contribution is -2.02. The number of benzene rings is 3. The van der Waals surface area contributed by atoms with Crippen LogP contribution < -0.4 is 0 Å². The first-order valence-corrected chi connectivity index (χ1v) is 7.60. The maximum atomic E-state index is 11.4. The predicted molar refractivity (Wildman–Crippen MR) is 93.5 cm³/mol. The summed E-state index contributed by atoms with van der Waals surface area (Å²) >= 11 is 0. The lowest BCUT2D eigenvalue weighted by atomic mass is 10.1. The fraction of sp³-hybridized carbons (Fsp3) is 0. The van der Waals surface area contributed by atoms with E-state index in [1.54, 1.807) is 10.7 Å². The second-order valence-electron chi connectivity index (χ2n) is 5.53. The molecule has 116 valence electrons. The van der Waals surface area contributed by atoms with Crippen LogP contribution in [0.4, 0.5) is 0 Å². The number of fused-ring (bicyclic) bond motifs is 1. The molecular formula is C20H14N2O2. The minimum Gasteiger partial charge on any atom is -0.476 e. The summed E-state index contributed by atoms with van der Waals surface area (Å²) in [6.45, 7) is 0. The van der Waals surface area contributed by atoms with E-state index in [1.807, 2.05) is 72.8 Å². The molecule has 4 nitrogen and oxygen atoms in total. The van der Waals surface area contributed by atoms with Crippen molar-refractivity contribution in [3.05, 3.63) is 84.6 Å². The zero-order valence-corrected chi connectivity index (χ0v) is 12.8. The Morgan fingerprint density at radius 3 is 2.29 bits per heavy atom. The minimum absolute atomic E-state index is 0.0296. The van der Waals surface area contributed by atoms with Crippen molar-refractivity contribution in [1.29, 1.82) is 0 Å². The van der Waals surface area contributed by atoms with Crippen molar-refractivity contribution in [1.82, 2.24) is 9.78 Å². The van der Waals surface area contributed by atoms with E-state index in [-0.39, 0.29) is 5.69 Å². The normalized spacial score (nSPS) is 10.8. The number of aromatic nitrogens is 2. The summed E-state index contributed by atoms with van der Waals surface area (Å²) in [7, 11) is 0. The molecule has 0 aliphatic heterocycles. The van der Waals surface area contributed by atoms with Crippen molar-refractivity contribution in [2.75, 3.05) is 0 Å². The van der Waals surface area contributed by atoms with E-state index in [4.69, 9.17) is 0 Å². The van der Waals surface area contributed by atoms with Gasteiger partial charge in [0, 0.05) is 5.56 Å². The molecule has 0 radical (unpaired) electrons. The van der Waals surface area contributed by atoms with Crippen LogP contribution in [0.5, 0.6) is 0 Å². The van der Waals surface area contributed by atoms with Crippen molar-refractivity contribution < 1.29 is 9.90 Å². The summed E-state index contributed by atoms with van der Waals surface area (Å²) in [5.41, 5.74) is 2.54. The molecule has 0 unspecified atom stereocenters. The Kier molecular flexibility index (Phi) is 3.35. The molecule has 0 atom stereocenters. The summed E-state index contributed by atoms with van der Waals surface area (Å²) in [5.74, 6) is -1.04. The highest BCUT2D eigenvalue weighted by Crippen LogP contribution is 2.26. The van der Waals surface area contributed by atoms with Gasteiger partial charge in [0.1, 0.15) is 0 Å². The molecule has 0 amide bonds. The fourth-order valence-corrected chi connectivity index (χ4v) is 2.81. The van der Waals surface area contributed by atoms with Crippen LogP contribution in [0.15, 0.2) is 78.9 Å². The molecule has 0 fully saturated rings. The van der Waals surface area contributed by atoms with Crippen LogP contribution in [0.25, 0.3) is 27.7 Å². The molecule has 0 bridgehead atoms. The molecule has 0 aliphatic carbocycles. The first-order chi connectivity index (χ1) is 11.7. The summed E-state index contributed by atoms with van der Waals surface area (Å²) in [4.78, 5) is 11.4. The molecule has 1 N–H and O–H groups in total. The van der Waals surface area contributed by atoms with E-state index in [1.165, 1.54) is 0 Å². The van der Waals surface area contributed by atoms with Crippen LogP contribution in [-0.2, 0) is 0 Å². The van der Waals surface area contributed by atoms with E-state index < -0.39 is 5.97 Å². The average Bonchev–Trinajstić information content (AvgIpc) is 3.08. The van der Waals surface area contributed by atoms with Gasteiger partial charge >= 0.3 is 5.97 Å². The van der Waals surface area contributed by atoms with Gasteiger partial charge in [-0.2, -0.15) is 5.10 Å². The Hall–Kier alpha value is -3.40. The summed E-state index contributed by atoms with van der Waals surface area (Å²) < 4.78 is 1.69. The van der Waals surface area contributed by atoms with Crippen LogP contribution in [0.3, 0.4) is 0 Å². The number of hydrogen-bond donors (Lipinski definition) is 1. The van der Waals surface area contributed by atoms with E-state index >= 15 is 0 Å². The highest BCUT2D eigenvalue weighted by molar-refractivity contribution is 5.88. The molecular weight excluding hydrogens is 300 g/mol. The fourth-order valence-electron chi connectivity index (χ4n) is 2.81. The molecule has 0 saturated carbocycles. The van der Waals surface area contributed by atoms with Crippen LogP contribution in [-0.4, -0.2) is 20.9 Å². The van der Waals surface area contributed by atoms with Gasteiger partial charge in [-0.3, -0.25) is 0 Å². The van der Waals surface area contributed by atoms with Gasteiger partial charge in [-0.05, 0) is 29.0 Å². The molecule has 1 aromatic heterocycles. The third-order valence-electron chi connectivity index (χ3n) is 3.98. The van der Waals surface area contributed by atoms with Gasteiger partial charge in [0.15, 0.2) is 5.69 Å². The third-order valence-corrected chi connectivity index (χ3v) is 3.98. The maximum absolute atomic E-state index is 11.4. The first-order valence-electron chi connectivity index (χ1n) is 7.60. The van der Waals surface area contributed by atoms with E-state index in [0.717, 1.165) is 27.7 Å². The van der Waals surface area contributed by atoms with Gasteiger partial charge in [0.05, 0.1) is 11.4 Å². The zero-order chi connectivity index (χ0) is 16.5. The number of aromatic carboxylic acids is 1. The number of rotatable bonds is 3. The van der Waals surface area contributed by atoms with Crippen molar-refractivity contribution in [2.24, 2.45) is 0 Å². The number of carboxylic acid groups (broad SMARTS) is 1. The lowest BCUT2D eigenvalue weighted by molar-refractivity contribution is 0.0690. The highest BCUT2D eigenvalue weighted by atomic mass is 16.4. The van der Waals surface area contributed by atoms with Crippen molar-refractivity contribution >= 4 is 16.7 Å². The van der Waals surface area contributed by atoms with Crippen LogP contribution in [0, 0.1) is 0 Å². The first kappa shape index (κ1) is 14.2. The largest absolute Gasteiger partial charge is 0.476 e. The topological polar surface area (TPSA) is 55.1 Å². The van der Waals surface area contributed by atoms with E-state index in [9.17, 15) is 9.90 Å². The Morgan fingerprint density at radius 2 is 1.54 bits per heavy atom. The Balaban J connectivity index is 1.94. The number of hydrogen-bond acceptors (Lipinski definition) is 2. The SMILES string of the molecule is O=C(O)c1cc(-c2ccccc2)n(-c2ccc3ccccc3c2)n1. The van der Waals surface area contributed by atoms with E-state index in [0.29, 0.717) is 0 Å². The van der Waals surface area contributed by atoms with Gasteiger partial charge in [0.25, 0.3) is 0 Å². The molecule has 24 heavy (non-hydrogen) atoms. The second-order valence-corrected chi connectivity index (χ2v) is 5.53. The zero-order valence-electron chi connectivity index (χ0n) is 12.8. The van der Waals surface area contributed by atoms with Crippen molar-refractivity contribution in [3.63, 3.8) is 0 Å². The minimum atomic E-state index is -1.04. The van der Waals surface area contributed by atoms with Crippen LogP contribution in [0.1, 0.15) is 10.5 Å². The van der Waals surface area contributed by atoms with Crippen LogP contribution in [0.2, 0.25) is 0 Å². The number of nitrogens with zero attached hydrogens (tertiary/aromatic N) is 2. The Morgan fingerprint density at radius 1 is 0.833 bits per heavy atom. The highest BCUT2D eigenvalue weighted by Gasteiger charge is 2.16. The van der Waals surface area contributed by atoms with Gasteiger partial charge in [-0.1, -0.05) is 60.7 Å². The molecule has 4 rings (SSSR count).